The summed E-state index contributed by atoms with van der Waals surface area (Å²) in [7, 11) is 0. The van der Waals surface area contributed by atoms with Crippen molar-refractivity contribution in [2.45, 2.75) is 27.4 Å². The fraction of sp³-hybridized carbons (Fsp3) is 0.148. The van der Waals surface area contributed by atoms with Gasteiger partial charge in [0.2, 0.25) is 0 Å². The van der Waals surface area contributed by atoms with Crippen molar-refractivity contribution < 1.29 is 19.1 Å². The van der Waals surface area contributed by atoms with E-state index in [0.29, 0.717) is 23.6 Å². The Morgan fingerprint density at radius 1 is 0.879 bits per heavy atom. The van der Waals surface area contributed by atoms with Crippen molar-refractivity contribution in [3.63, 3.8) is 0 Å². The first-order valence-electron chi connectivity index (χ1n) is 10.6. The van der Waals surface area contributed by atoms with Gasteiger partial charge in [-0.25, -0.2) is 9.69 Å². The highest BCUT2D eigenvalue weighted by Gasteiger charge is 2.37. The Bertz CT molecular complexity index is 1290. The van der Waals surface area contributed by atoms with Gasteiger partial charge in [-0.05, 0) is 50.1 Å². The molecule has 6 nitrogen and oxygen atoms in total. The van der Waals surface area contributed by atoms with E-state index in [-0.39, 0.29) is 5.57 Å². The molecule has 0 aliphatic carbocycles. The first kappa shape index (κ1) is 22.0. The summed E-state index contributed by atoms with van der Waals surface area (Å²) < 4.78 is 5.99. The van der Waals surface area contributed by atoms with E-state index in [1.807, 2.05) is 63.2 Å². The lowest BCUT2D eigenvalue weighted by atomic mass is 10.0. The SMILES string of the molecule is Cc1cccc(COc2ccccc2/C=C2\C(=O)NC(=O)N(c3ccc(C)cc3C)C2=O)c1. The van der Waals surface area contributed by atoms with Crippen LogP contribution in [0.4, 0.5) is 10.5 Å². The van der Waals surface area contributed by atoms with Gasteiger partial charge in [0, 0.05) is 5.56 Å². The molecular weight excluding hydrogens is 416 g/mol. The number of carbonyl (C=O) groups is 3. The molecule has 0 atom stereocenters. The fourth-order valence-corrected chi connectivity index (χ4v) is 3.78. The Morgan fingerprint density at radius 2 is 1.64 bits per heavy atom. The minimum Gasteiger partial charge on any atom is -0.488 e. The average Bonchev–Trinajstić information content (AvgIpc) is 2.77. The van der Waals surface area contributed by atoms with Crippen LogP contribution in [0.15, 0.2) is 72.3 Å². The molecule has 1 N–H and O–H groups in total. The van der Waals surface area contributed by atoms with Crippen molar-refractivity contribution in [1.29, 1.82) is 0 Å². The molecule has 0 spiro atoms. The van der Waals surface area contributed by atoms with Crippen molar-refractivity contribution >= 4 is 29.6 Å². The molecule has 166 valence electrons. The number of nitrogens with zero attached hydrogens (tertiary/aromatic N) is 1. The molecule has 0 unspecified atom stereocenters. The highest BCUT2D eigenvalue weighted by molar-refractivity contribution is 6.39. The number of imide groups is 2. The summed E-state index contributed by atoms with van der Waals surface area (Å²) in [5.41, 5.74) is 4.77. The minimum atomic E-state index is -0.766. The molecule has 1 heterocycles. The van der Waals surface area contributed by atoms with Crippen LogP contribution >= 0.6 is 0 Å². The van der Waals surface area contributed by atoms with Crippen LogP contribution in [-0.2, 0) is 16.2 Å². The van der Waals surface area contributed by atoms with E-state index in [4.69, 9.17) is 4.74 Å². The van der Waals surface area contributed by atoms with Gasteiger partial charge >= 0.3 is 6.03 Å². The Morgan fingerprint density at radius 3 is 2.39 bits per heavy atom. The molecule has 4 amide bonds. The maximum Gasteiger partial charge on any atom is 0.335 e. The maximum absolute atomic E-state index is 13.3. The molecular formula is C27H24N2O4. The number of hydrogen-bond acceptors (Lipinski definition) is 4. The normalized spacial score (nSPS) is 15.1. The van der Waals surface area contributed by atoms with Gasteiger partial charge in [0.25, 0.3) is 11.8 Å². The van der Waals surface area contributed by atoms with Gasteiger partial charge in [-0.1, -0.05) is 65.7 Å². The molecule has 0 bridgehead atoms. The Labute approximate surface area is 192 Å². The lowest BCUT2D eigenvalue weighted by molar-refractivity contribution is -0.122. The van der Waals surface area contributed by atoms with Gasteiger partial charge in [-0.3, -0.25) is 14.9 Å². The Balaban J connectivity index is 1.66. The zero-order chi connectivity index (χ0) is 23.5. The lowest BCUT2D eigenvalue weighted by Gasteiger charge is -2.27. The largest absolute Gasteiger partial charge is 0.488 e. The van der Waals surface area contributed by atoms with Crippen LogP contribution in [0, 0.1) is 20.8 Å². The minimum absolute atomic E-state index is 0.138. The third-order valence-corrected chi connectivity index (χ3v) is 5.39. The smallest absolute Gasteiger partial charge is 0.335 e. The second kappa shape index (κ2) is 9.12. The van der Waals surface area contributed by atoms with E-state index in [0.717, 1.165) is 27.2 Å². The number of rotatable bonds is 5. The molecule has 6 heteroatoms. The highest BCUT2D eigenvalue weighted by atomic mass is 16.5. The number of aryl methyl sites for hydroxylation is 3. The van der Waals surface area contributed by atoms with Gasteiger partial charge in [0.15, 0.2) is 0 Å². The summed E-state index contributed by atoms with van der Waals surface area (Å²) in [5.74, 6) is -0.884. The van der Waals surface area contributed by atoms with Crippen molar-refractivity contribution in [2.24, 2.45) is 0 Å². The third kappa shape index (κ3) is 4.70. The fourth-order valence-electron chi connectivity index (χ4n) is 3.78. The number of hydrogen-bond donors (Lipinski definition) is 1. The van der Waals surface area contributed by atoms with Gasteiger partial charge in [0.05, 0.1) is 5.69 Å². The Kier molecular flexibility index (Phi) is 6.09. The number of urea groups is 1. The summed E-state index contributed by atoms with van der Waals surface area (Å²) in [6.07, 6.45) is 1.46. The number of carbonyl (C=O) groups excluding carboxylic acids is 3. The average molecular weight is 440 g/mol. The molecule has 33 heavy (non-hydrogen) atoms. The van der Waals surface area contributed by atoms with E-state index in [9.17, 15) is 14.4 Å². The van der Waals surface area contributed by atoms with Crippen molar-refractivity contribution in [3.8, 4) is 5.75 Å². The summed E-state index contributed by atoms with van der Waals surface area (Å²) in [5, 5.41) is 2.27. The molecule has 0 aromatic heterocycles. The van der Waals surface area contributed by atoms with Crippen LogP contribution in [-0.4, -0.2) is 17.8 Å². The number of ether oxygens (including phenoxy) is 1. The topological polar surface area (TPSA) is 75.7 Å². The van der Waals surface area contributed by atoms with E-state index in [1.165, 1.54) is 6.08 Å². The van der Waals surface area contributed by atoms with E-state index >= 15 is 0 Å². The predicted octanol–water partition coefficient (Wildman–Crippen LogP) is 4.86. The zero-order valence-corrected chi connectivity index (χ0v) is 18.7. The number of nitrogens with one attached hydrogen (secondary N) is 1. The van der Waals surface area contributed by atoms with Gasteiger partial charge in [-0.2, -0.15) is 0 Å². The summed E-state index contributed by atoms with van der Waals surface area (Å²) in [6, 6.07) is 19.8. The molecule has 1 aliphatic heterocycles. The van der Waals surface area contributed by atoms with E-state index in [1.54, 1.807) is 24.3 Å². The van der Waals surface area contributed by atoms with Crippen LogP contribution in [0.1, 0.15) is 27.8 Å². The van der Waals surface area contributed by atoms with Crippen LogP contribution in [0.25, 0.3) is 6.08 Å². The third-order valence-electron chi connectivity index (χ3n) is 5.39. The van der Waals surface area contributed by atoms with Crippen molar-refractivity contribution in [3.05, 3.63) is 100 Å². The number of benzene rings is 3. The number of para-hydroxylation sites is 1. The van der Waals surface area contributed by atoms with Gasteiger partial charge in [0.1, 0.15) is 17.9 Å². The van der Waals surface area contributed by atoms with Crippen LogP contribution in [0.2, 0.25) is 0 Å². The summed E-state index contributed by atoms with van der Waals surface area (Å²) >= 11 is 0. The van der Waals surface area contributed by atoms with E-state index < -0.39 is 17.8 Å². The molecule has 0 saturated carbocycles. The quantitative estimate of drug-likeness (QED) is 0.454. The van der Waals surface area contributed by atoms with Crippen molar-refractivity contribution in [1.82, 2.24) is 5.32 Å². The molecule has 1 saturated heterocycles. The van der Waals surface area contributed by atoms with Gasteiger partial charge < -0.3 is 4.74 Å². The van der Waals surface area contributed by atoms with E-state index in [2.05, 4.69) is 5.32 Å². The number of anilines is 1. The number of barbiturate groups is 1. The molecule has 1 aliphatic rings. The molecule has 3 aromatic carbocycles. The van der Waals surface area contributed by atoms with Crippen molar-refractivity contribution in [2.75, 3.05) is 4.90 Å². The highest BCUT2D eigenvalue weighted by Crippen LogP contribution is 2.28. The second-order valence-electron chi connectivity index (χ2n) is 8.06. The Hall–Kier alpha value is -4.19. The molecule has 4 rings (SSSR count). The molecule has 0 radical (unpaired) electrons. The molecule has 3 aromatic rings. The monoisotopic (exact) mass is 440 g/mol. The standard InChI is InChI=1S/C27H24N2O4/c1-17-7-6-8-20(14-17)16-33-24-10-5-4-9-21(24)15-22-25(30)28-27(32)29(26(22)31)23-12-11-18(2)13-19(23)3/h4-15H,16H2,1-3H3,(H,28,30,32)/b22-15+. The predicted molar refractivity (Wildman–Crippen MR) is 127 cm³/mol. The van der Waals surface area contributed by atoms with Crippen LogP contribution < -0.4 is 15.0 Å². The number of amides is 4. The zero-order valence-electron chi connectivity index (χ0n) is 18.7. The lowest BCUT2D eigenvalue weighted by Crippen LogP contribution is -2.54. The molecule has 1 fully saturated rings. The second-order valence-corrected chi connectivity index (χ2v) is 8.06. The van der Waals surface area contributed by atoms with Crippen LogP contribution in [0.5, 0.6) is 5.75 Å². The first-order chi connectivity index (χ1) is 15.8. The van der Waals surface area contributed by atoms with Gasteiger partial charge in [-0.15, -0.1) is 0 Å². The summed E-state index contributed by atoms with van der Waals surface area (Å²) in [6.45, 7) is 6.10. The maximum atomic E-state index is 13.3. The first-order valence-corrected chi connectivity index (χ1v) is 10.6. The van der Waals surface area contributed by atoms with Crippen LogP contribution in [0.3, 0.4) is 0 Å². The summed E-state index contributed by atoms with van der Waals surface area (Å²) in [4.78, 5) is 39.4.